The van der Waals surface area contributed by atoms with Crippen molar-refractivity contribution in [2.75, 3.05) is 24.5 Å². The van der Waals surface area contributed by atoms with Crippen LogP contribution in [0.15, 0.2) is 54.9 Å². The van der Waals surface area contributed by atoms with Crippen molar-refractivity contribution in [3.05, 3.63) is 60.4 Å². The number of hydrogen-bond acceptors (Lipinski definition) is 5. The molecule has 0 unspecified atom stereocenters. The number of carbonyl (C=O) groups excluding carboxylic acids is 1. The predicted molar refractivity (Wildman–Crippen MR) is 129 cm³/mol. The number of para-hydroxylation sites is 3. The van der Waals surface area contributed by atoms with Gasteiger partial charge in [0.05, 0.1) is 34.4 Å². The van der Waals surface area contributed by atoms with Crippen molar-refractivity contribution in [1.82, 2.24) is 24.6 Å². The average molecular weight is 441 g/mol. The standard InChI is InChI=1S/C26H28N6O/c1-30-24-19(16-28-30)6-4-7-20(24)18-32-13-5-10-26(25(32)33)11-14-31(15-12-26)23-17-27-21-8-2-3-9-22(21)29-23/h2-4,6-9,16-17H,5,10-15,18H2,1H3. The molecule has 0 aliphatic carbocycles. The number of aryl methyl sites for hydroxylation is 1. The van der Waals surface area contributed by atoms with Crippen LogP contribution in [-0.2, 0) is 18.4 Å². The van der Waals surface area contributed by atoms with Crippen LogP contribution < -0.4 is 4.90 Å². The molecule has 0 bridgehead atoms. The zero-order chi connectivity index (χ0) is 22.4. The molecule has 2 aromatic heterocycles. The van der Waals surface area contributed by atoms with Gasteiger partial charge in [-0.1, -0.05) is 30.3 Å². The van der Waals surface area contributed by atoms with Gasteiger partial charge in [0.2, 0.25) is 5.91 Å². The van der Waals surface area contributed by atoms with E-state index in [-0.39, 0.29) is 5.41 Å². The van der Waals surface area contributed by atoms with Crippen molar-refractivity contribution in [1.29, 1.82) is 0 Å². The number of fused-ring (bicyclic) bond motifs is 2. The van der Waals surface area contributed by atoms with E-state index in [0.717, 1.165) is 73.1 Å². The Balaban J connectivity index is 1.20. The Kier molecular flexibility index (Phi) is 4.78. The van der Waals surface area contributed by atoms with Gasteiger partial charge in [-0.3, -0.25) is 14.5 Å². The highest BCUT2D eigenvalue weighted by Crippen LogP contribution is 2.42. The molecule has 2 aliphatic rings. The molecule has 2 aromatic carbocycles. The van der Waals surface area contributed by atoms with Gasteiger partial charge in [-0.15, -0.1) is 0 Å². The number of aromatic nitrogens is 4. The van der Waals surface area contributed by atoms with Gasteiger partial charge < -0.3 is 9.80 Å². The van der Waals surface area contributed by atoms with E-state index in [1.807, 2.05) is 48.4 Å². The number of hydrogen-bond donors (Lipinski definition) is 0. The van der Waals surface area contributed by atoms with Crippen LogP contribution in [0, 0.1) is 5.41 Å². The SMILES string of the molecule is Cn1ncc2cccc(CN3CCCC4(CCN(c5cnc6ccccc6n5)CC4)C3=O)c21. The first-order valence-corrected chi connectivity index (χ1v) is 11.8. The Morgan fingerprint density at radius 1 is 0.939 bits per heavy atom. The molecule has 1 amide bonds. The van der Waals surface area contributed by atoms with Crippen molar-refractivity contribution in [3.8, 4) is 0 Å². The maximum atomic E-state index is 13.7. The van der Waals surface area contributed by atoms with Gasteiger partial charge in [0.15, 0.2) is 0 Å². The first-order chi connectivity index (χ1) is 16.1. The van der Waals surface area contributed by atoms with Crippen molar-refractivity contribution in [2.45, 2.75) is 32.2 Å². The van der Waals surface area contributed by atoms with Crippen LogP contribution in [0.3, 0.4) is 0 Å². The molecule has 4 heterocycles. The fourth-order valence-electron chi connectivity index (χ4n) is 5.68. The number of benzene rings is 2. The third-order valence-electron chi connectivity index (χ3n) is 7.51. The lowest BCUT2D eigenvalue weighted by molar-refractivity contribution is -0.148. The molecule has 7 nitrogen and oxygen atoms in total. The Labute approximate surface area is 193 Å². The highest BCUT2D eigenvalue weighted by Gasteiger charge is 2.45. The summed E-state index contributed by atoms with van der Waals surface area (Å²) in [5, 5.41) is 5.53. The number of amides is 1. The number of likely N-dealkylation sites (tertiary alicyclic amines) is 1. The predicted octanol–water partition coefficient (Wildman–Crippen LogP) is 3.93. The number of carbonyl (C=O) groups is 1. The van der Waals surface area contributed by atoms with Crippen molar-refractivity contribution in [2.24, 2.45) is 12.5 Å². The van der Waals surface area contributed by atoms with Crippen LogP contribution >= 0.6 is 0 Å². The topological polar surface area (TPSA) is 67.2 Å². The molecule has 1 spiro atoms. The third kappa shape index (κ3) is 3.43. The number of anilines is 1. The molecule has 0 saturated carbocycles. The molecule has 168 valence electrons. The zero-order valence-electron chi connectivity index (χ0n) is 18.9. The van der Waals surface area contributed by atoms with Gasteiger partial charge in [0.1, 0.15) is 5.82 Å². The molecule has 2 saturated heterocycles. The second-order valence-electron chi connectivity index (χ2n) is 9.44. The van der Waals surface area contributed by atoms with Crippen molar-refractivity contribution >= 4 is 33.7 Å². The van der Waals surface area contributed by atoms with E-state index < -0.39 is 0 Å². The molecular formula is C26H28N6O. The van der Waals surface area contributed by atoms with Gasteiger partial charge in [-0.2, -0.15) is 5.10 Å². The summed E-state index contributed by atoms with van der Waals surface area (Å²) < 4.78 is 1.91. The van der Waals surface area contributed by atoms with Crippen molar-refractivity contribution in [3.63, 3.8) is 0 Å². The summed E-state index contributed by atoms with van der Waals surface area (Å²) in [5.74, 6) is 1.23. The average Bonchev–Trinajstić information content (AvgIpc) is 3.24. The zero-order valence-corrected chi connectivity index (χ0v) is 18.9. The molecule has 0 radical (unpaired) electrons. The smallest absolute Gasteiger partial charge is 0.229 e. The largest absolute Gasteiger partial charge is 0.355 e. The molecule has 4 aromatic rings. The number of rotatable bonds is 3. The maximum Gasteiger partial charge on any atom is 0.229 e. The molecule has 0 atom stereocenters. The Bertz CT molecular complexity index is 1340. The second-order valence-corrected chi connectivity index (χ2v) is 9.44. The van der Waals surface area contributed by atoms with Crippen molar-refractivity contribution < 1.29 is 4.79 Å². The molecule has 6 rings (SSSR count). The highest BCUT2D eigenvalue weighted by molar-refractivity contribution is 5.86. The second kappa shape index (κ2) is 7.83. The molecule has 7 heteroatoms. The van der Waals surface area contributed by atoms with Gasteiger partial charge in [0, 0.05) is 38.6 Å². The Hall–Kier alpha value is -3.48. The maximum absolute atomic E-state index is 13.7. The summed E-state index contributed by atoms with van der Waals surface area (Å²) in [5.41, 5.74) is 3.87. The van der Waals surface area contributed by atoms with Gasteiger partial charge in [-0.05, 0) is 43.4 Å². The van der Waals surface area contributed by atoms with Crippen LogP contribution in [0.2, 0.25) is 0 Å². The highest BCUT2D eigenvalue weighted by atomic mass is 16.2. The number of nitrogens with zero attached hydrogens (tertiary/aromatic N) is 6. The summed E-state index contributed by atoms with van der Waals surface area (Å²) in [6, 6.07) is 14.2. The van der Waals surface area contributed by atoms with Gasteiger partial charge >= 0.3 is 0 Å². The summed E-state index contributed by atoms with van der Waals surface area (Å²) >= 11 is 0. The lowest BCUT2D eigenvalue weighted by atomic mass is 9.71. The molecule has 0 N–H and O–H groups in total. The monoisotopic (exact) mass is 440 g/mol. The van der Waals surface area contributed by atoms with E-state index in [2.05, 4.69) is 38.1 Å². The lowest BCUT2D eigenvalue weighted by Gasteiger charge is -2.46. The van der Waals surface area contributed by atoms with E-state index in [0.29, 0.717) is 12.5 Å². The van der Waals surface area contributed by atoms with E-state index >= 15 is 0 Å². The minimum absolute atomic E-state index is 0.251. The summed E-state index contributed by atoms with van der Waals surface area (Å²) in [6.45, 7) is 3.15. The molecule has 2 aliphatic heterocycles. The molecule has 2 fully saturated rings. The van der Waals surface area contributed by atoms with E-state index in [4.69, 9.17) is 4.98 Å². The lowest BCUT2D eigenvalue weighted by Crippen LogP contribution is -2.53. The van der Waals surface area contributed by atoms with E-state index in [1.165, 1.54) is 5.56 Å². The molecule has 33 heavy (non-hydrogen) atoms. The minimum atomic E-state index is -0.251. The van der Waals surface area contributed by atoms with Crippen LogP contribution in [0.4, 0.5) is 5.82 Å². The van der Waals surface area contributed by atoms with Gasteiger partial charge in [0.25, 0.3) is 0 Å². The fourth-order valence-corrected chi connectivity index (χ4v) is 5.68. The number of piperidine rings is 2. The normalized spacial score (nSPS) is 18.5. The van der Waals surface area contributed by atoms with Crippen LogP contribution in [0.1, 0.15) is 31.2 Å². The van der Waals surface area contributed by atoms with Crippen LogP contribution in [0.25, 0.3) is 21.9 Å². The van der Waals surface area contributed by atoms with E-state index in [9.17, 15) is 4.79 Å². The molecular weight excluding hydrogens is 412 g/mol. The third-order valence-corrected chi connectivity index (χ3v) is 7.51. The Morgan fingerprint density at radius 2 is 1.76 bits per heavy atom. The van der Waals surface area contributed by atoms with Crippen LogP contribution in [-0.4, -0.2) is 50.2 Å². The van der Waals surface area contributed by atoms with Gasteiger partial charge in [-0.25, -0.2) is 4.98 Å². The fraction of sp³-hybridized carbons (Fsp3) is 0.385. The van der Waals surface area contributed by atoms with E-state index in [1.54, 1.807) is 0 Å². The summed E-state index contributed by atoms with van der Waals surface area (Å²) in [4.78, 5) is 27.5. The first-order valence-electron chi connectivity index (χ1n) is 11.8. The first kappa shape index (κ1) is 20.1. The quantitative estimate of drug-likeness (QED) is 0.483. The summed E-state index contributed by atoms with van der Waals surface area (Å²) in [7, 11) is 1.97. The Morgan fingerprint density at radius 3 is 2.61 bits per heavy atom. The minimum Gasteiger partial charge on any atom is -0.355 e. The van der Waals surface area contributed by atoms with Crippen LogP contribution in [0.5, 0.6) is 0 Å². The summed E-state index contributed by atoms with van der Waals surface area (Å²) in [6.07, 6.45) is 7.53.